The van der Waals surface area contributed by atoms with Crippen molar-refractivity contribution in [3.8, 4) is 6.07 Å². The number of amides is 1. The Labute approximate surface area is 160 Å². The van der Waals surface area contributed by atoms with Gasteiger partial charge in [0.05, 0.1) is 32.9 Å². The third-order valence-corrected chi connectivity index (χ3v) is 4.14. The minimum absolute atomic E-state index is 0.301. The first-order valence-electron chi connectivity index (χ1n) is 7.55. The van der Waals surface area contributed by atoms with Gasteiger partial charge in [0.2, 0.25) is 0 Å². The summed E-state index contributed by atoms with van der Waals surface area (Å²) in [6.07, 6.45) is 1.45. The van der Waals surface area contributed by atoms with Crippen molar-refractivity contribution in [1.29, 1.82) is 5.26 Å². The number of nitriles is 1. The van der Waals surface area contributed by atoms with Crippen LogP contribution in [0.15, 0.2) is 60.8 Å². The van der Waals surface area contributed by atoms with E-state index in [4.69, 9.17) is 28.5 Å². The smallest absolute Gasteiger partial charge is 0.257 e. The molecule has 3 aromatic rings. The first kappa shape index (κ1) is 17.7. The van der Waals surface area contributed by atoms with E-state index in [0.717, 1.165) is 0 Å². The SMILES string of the molecule is N#Cc1ccc(NC(=O)c2ccc(Nc3c(Cl)cccc3Cl)nc2)cc1. The van der Waals surface area contributed by atoms with E-state index in [1.54, 1.807) is 54.6 Å². The van der Waals surface area contributed by atoms with E-state index >= 15 is 0 Å². The average Bonchev–Trinajstić information content (AvgIpc) is 2.66. The molecule has 0 saturated heterocycles. The van der Waals surface area contributed by atoms with Gasteiger partial charge in [0.15, 0.2) is 0 Å². The van der Waals surface area contributed by atoms with Gasteiger partial charge in [0.25, 0.3) is 5.91 Å². The summed E-state index contributed by atoms with van der Waals surface area (Å²) in [5.74, 6) is 0.208. The summed E-state index contributed by atoms with van der Waals surface area (Å²) in [5.41, 5.74) is 2.07. The van der Waals surface area contributed by atoms with Crippen LogP contribution in [0, 0.1) is 11.3 Å². The highest BCUT2D eigenvalue weighted by Crippen LogP contribution is 2.31. The molecule has 0 bridgehead atoms. The van der Waals surface area contributed by atoms with Crippen molar-refractivity contribution < 1.29 is 4.79 Å². The Morgan fingerprint density at radius 3 is 2.27 bits per heavy atom. The van der Waals surface area contributed by atoms with E-state index in [-0.39, 0.29) is 5.91 Å². The highest BCUT2D eigenvalue weighted by molar-refractivity contribution is 6.39. The lowest BCUT2D eigenvalue weighted by Crippen LogP contribution is -2.12. The second-order valence-corrected chi connectivity index (χ2v) is 6.11. The molecule has 2 aromatic carbocycles. The predicted octanol–water partition coefficient (Wildman–Crippen LogP) is 5.26. The molecule has 0 fully saturated rings. The van der Waals surface area contributed by atoms with Crippen LogP contribution in [0.1, 0.15) is 15.9 Å². The topological polar surface area (TPSA) is 77.8 Å². The summed E-state index contributed by atoms with van der Waals surface area (Å²) < 4.78 is 0. The molecule has 0 unspecified atom stereocenters. The standard InChI is InChI=1S/C19H12Cl2N4O/c20-15-2-1-3-16(21)18(15)25-17-9-6-13(11-23-17)19(26)24-14-7-4-12(10-22)5-8-14/h1-9,11H,(H,23,25)(H,24,26). The number of carbonyl (C=O) groups excluding carboxylic acids is 1. The van der Waals surface area contributed by atoms with Crippen molar-refractivity contribution in [2.45, 2.75) is 0 Å². The van der Waals surface area contributed by atoms with Crippen molar-refractivity contribution in [2.75, 3.05) is 10.6 Å². The van der Waals surface area contributed by atoms with Crippen molar-refractivity contribution in [1.82, 2.24) is 4.98 Å². The van der Waals surface area contributed by atoms with Crippen LogP contribution in [0.2, 0.25) is 10.0 Å². The third kappa shape index (κ3) is 4.12. The molecule has 3 rings (SSSR count). The number of aromatic nitrogens is 1. The Bertz CT molecular complexity index is 960. The van der Waals surface area contributed by atoms with Gasteiger partial charge >= 0.3 is 0 Å². The number of hydrogen-bond acceptors (Lipinski definition) is 4. The molecule has 26 heavy (non-hydrogen) atoms. The second kappa shape index (κ2) is 7.87. The van der Waals surface area contributed by atoms with Gasteiger partial charge in [0, 0.05) is 11.9 Å². The molecule has 0 spiro atoms. The minimum atomic E-state index is -0.301. The summed E-state index contributed by atoms with van der Waals surface area (Å²) in [6.45, 7) is 0. The van der Waals surface area contributed by atoms with Crippen molar-refractivity contribution in [3.63, 3.8) is 0 Å². The zero-order valence-electron chi connectivity index (χ0n) is 13.3. The lowest BCUT2D eigenvalue weighted by molar-refractivity contribution is 0.102. The first-order valence-corrected chi connectivity index (χ1v) is 8.31. The van der Waals surface area contributed by atoms with Crippen LogP contribution < -0.4 is 10.6 Å². The number of halogens is 2. The highest BCUT2D eigenvalue weighted by atomic mass is 35.5. The number of anilines is 3. The molecule has 0 radical (unpaired) electrons. The second-order valence-electron chi connectivity index (χ2n) is 5.30. The largest absolute Gasteiger partial charge is 0.338 e. The summed E-state index contributed by atoms with van der Waals surface area (Å²) in [4.78, 5) is 16.5. The number of rotatable bonds is 4. The monoisotopic (exact) mass is 382 g/mol. The molecule has 0 saturated carbocycles. The van der Waals surface area contributed by atoms with E-state index in [1.165, 1.54) is 6.20 Å². The van der Waals surface area contributed by atoms with Gasteiger partial charge in [-0.15, -0.1) is 0 Å². The zero-order chi connectivity index (χ0) is 18.5. The fourth-order valence-electron chi connectivity index (χ4n) is 2.18. The molecule has 0 aliphatic carbocycles. The molecule has 0 aliphatic heterocycles. The summed E-state index contributed by atoms with van der Waals surface area (Å²) in [5, 5.41) is 15.5. The van der Waals surface area contributed by atoms with Gasteiger partial charge in [-0.05, 0) is 48.5 Å². The van der Waals surface area contributed by atoms with Crippen LogP contribution in [0.5, 0.6) is 0 Å². The van der Waals surface area contributed by atoms with Gasteiger partial charge in [-0.25, -0.2) is 4.98 Å². The Morgan fingerprint density at radius 2 is 1.69 bits per heavy atom. The number of hydrogen-bond donors (Lipinski definition) is 2. The van der Waals surface area contributed by atoms with Crippen molar-refractivity contribution >= 4 is 46.3 Å². The molecule has 5 nitrogen and oxygen atoms in total. The van der Waals surface area contributed by atoms with E-state index in [1.807, 2.05) is 6.07 Å². The maximum Gasteiger partial charge on any atom is 0.257 e. The van der Waals surface area contributed by atoms with E-state index < -0.39 is 0 Å². The number of pyridine rings is 1. The molecular formula is C19H12Cl2N4O. The van der Waals surface area contributed by atoms with Gasteiger partial charge in [-0.3, -0.25) is 4.79 Å². The Kier molecular flexibility index (Phi) is 5.37. The van der Waals surface area contributed by atoms with E-state index in [0.29, 0.717) is 38.4 Å². The highest BCUT2D eigenvalue weighted by Gasteiger charge is 2.09. The number of carbonyl (C=O) groups is 1. The molecule has 7 heteroatoms. The third-order valence-electron chi connectivity index (χ3n) is 3.51. The Balaban J connectivity index is 1.70. The van der Waals surface area contributed by atoms with Gasteiger partial charge in [0.1, 0.15) is 5.82 Å². The van der Waals surface area contributed by atoms with Crippen LogP contribution >= 0.6 is 23.2 Å². The van der Waals surface area contributed by atoms with Crippen LogP contribution in [-0.2, 0) is 0 Å². The maximum absolute atomic E-state index is 12.3. The molecule has 2 N–H and O–H groups in total. The number of para-hydroxylation sites is 1. The molecule has 0 atom stereocenters. The molecular weight excluding hydrogens is 371 g/mol. The van der Waals surface area contributed by atoms with Crippen LogP contribution in [0.25, 0.3) is 0 Å². The maximum atomic E-state index is 12.3. The quantitative estimate of drug-likeness (QED) is 0.645. The Morgan fingerprint density at radius 1 is 1.00 bits per heavy atom. The van der Waals surface area contributed by atoms with Gasteiger partial charge in [-0.2, -0.15) is 5.26 Å². The van der Waals surface area contributed by atoms with Crippen molar-refractivity contribution in [2.24, 2.45) is 0 Å². The van der Waals surface area contributed by atoms with Gasteiger partial charge in [-0.1, -0.05) is 29.3 Å². The summed E-state index contributed by atoms with van der Waals surface area (Å²) in [7, 11) is 0. The summed E-state index contributed by atoms with van der Waals surface area (Å²) >= 11 is 12.2. The summed E-state index contributed by atoms with van der Waals surface area (Å²) in [6, 6.07) is 17.1. The Hall–Kier alpha value is -3.07. The predicted molar refractivity (Wildman–Crippen MR) is 103 cm³/mol. The average molecular weight is 383 g/mol. The van der Waals surface area contributed by atoms with Crippen LogP contribution in [0.4, 0.5) is 17.2 Å². The lowest BCUT2D eigenvalue weighted by Gasteiger charge is -2.10. The first-order chi connectivity index (χ1) is 12.6. The molecule has 1 amide bonds. The van der Waals surface area contributed by atoms with E-state index in [9.17, 15) is 4.79 Å². The fraction of sp³-hybridized carbons (Fsp3) is 0. The van der Waals surface area contributed by atoms with Crippen LogP contribution in [-0.4, -0.2) is 10.9 Å². The minimum Gasteiger partial charge on any atom is -0.338 e. The number of benzene rings is 2. The molecule has 128 valence electrons. The zero-order valence-corrected chi connectivity index (χ0v) is 14.8. The van der Waals surface area contributed by atoms with Crippen molar-refractivity contribution in [3.05, 3.63) is 82.0 Å². The van der Waals surface area contributed by atoms with Gasteiger partial charge < -0.3 is 10.6 Å². The fourth-order valence-corrected chi connectivity index (χ4v) is 2.67. The lowest BCUT2D eigenvalue weighted by atomic mass is 10.2. The number of nitrogens with one attached hydrogen (secondary N) is 2. The molecule has 1 aromatic heterocycles. The normalized spacial score (nSPS) is 10.0. The van der Waals surface area contributed by atoms with E-state index in [2.05, 4.69) is 15.6 Å². The molecule has 1 heterocycles. The molecule has 0 aliphatic rings. The number of nitrogens with zero attached hydrogens (tertiary/aromatic N) is 2. The van der Waals surface area contributed by atoms with Crippen LogP contribution in [0.3, 0.4) is 0 Å².